The van der Waals surface area contributed by atoms with Gasteiger partial charge in [0.2, 0.25) is 15.9 Å². The van der Waals surface area contributed by atoms with Gasteiger partial charge in [0.05, 0.1) is 12.0 Å². The summed E-state index contributed by atoms with van der Waals surface area (Å²) in [5.74, 6) is 0.739. The van der Waals surface area contributed by atoms with Crippen LogP contribution in [0.15, 0.2) is 47.4 Å². The summed E-state index contributed by atoms with van der Waals surface area (Å²) in [4.78, 5) is 11.8. The van der Waals surface area contributed by atoms with E-state index < -0.39 is 10.0 Å². The van der Waals surface area contributed by atoms with E-state index in [2.05, 4.69) is 10.0 Å². The van der Waals surface area contributed by atoms with Crippen molar-refractivity contribution in [3.8, 4) is 5.75 Å². The number of methoxy groups -OCH3 is 1. The Balaban J connectivity index is 1.66. The van der Waals surface area contributed by atoms with E-state index in [1.165, 1.54) is 6.07 Å². The van der Waals surface area contributed by atoms with Gasteiger partial charge in [0.15, 0.2) is 0 Å². The molecule has 0 atom stereocenters. The zero-order valence-electron chi connectivity index (χ0n) is 14.6. The van der Waals surface area contributed by atoms with Crippen LogP contribution in [0.25, 0.3) is 0 Å². The number of ether oxygens (including phenoxy) is 1. The SMILES string of the molecule is COc1ccc(CCNS(=O)(=O)c2ccc3c(c2)CCCC(=O)N3)cc1. The van der Waals surface area contributed by atoms with Gasteiger partial charge in [-0.05, 0) is 60.7 Å². The van der Waals surface area contributed by atoms with E-state index in [1.54, 1.807) is 19.2 Å². The molecule has 1 aliphatic rings. The minimum Gasteiger partial charge on any atom is -0.497 e. The molecule has 6 nitrogen and oxygen atoms in total. The van der Waals surface area contributed by atoms with Gasteiger partial charge in [0.25, 0.3) is 0 Å². The van der Waals surface area contributed by atoms with Crippen LogP contribution < -0.4 is 14.8 Å². The molecule has 0 fully saturated rings. The van der Waals surface area contributed by atoms with Crippen molar-refractivity contribution >= 4 is 21.6 Å². The number of aryl methyl sites for hydroxylation is 1. The number of sulfonamides is 1. The van der Waals surface area contributed by atoms with Gasteiger partial charge in [-0.25, -0.2) is 13.1 Å². The average Bonchev–Trinajstić information content (AvgIpc) is 2.82. The predicted octanol–water partition coefficient (Wildman–Crippen LogP) is 2.49. The van der Waals surface area contributed by atoms with Crippen molar-refractivity contribution in [3.63, 3.8) is 0 Å². The molecule has 0 radical (unpaired) electrons. The number of hydrogen-bond acceptors (Lipinski definition) is 4. The van der Waals surface area contributed by atoms with Crippen LogP contribution in [0.4, 0.5) is 5.69 Å². The molecule has 0 saturated heterocycles. The summed E-state index contributed by atoms with van der Waals surface area (Å²) in [7, 11) is -1.98. The van der Waals surface area contributed by atoms with Crippen LogP contribution in [-0.4, -0.2) is 28.0 Å². The van der Waals surface area contributed by atoms with Crippen molar-refractivity contribution in [2.45, 2.75) is 30.6 Å². The molecule has 0 bridgehead atoms. The standard InChI is InChI=1S/C19H22N2O4S/c1-25-16-7-5-14(6-8-16)11-12-20-26(23,24)17-9-10-18-15(13-17)3-2-4-19(22)21-18/h5-10,13,20H,2-4,11-12H2,1H3,(H,21,22). The van der Waals surface area contributed by atoms with Gasteiger partial charge >= 0.3 is 0 Å². The van der Waals surface area contributed by atoms with Gasteiger partial charge in [0.1, 0.15) is 5.75 Å². The molecule has 3 rings (SSSR count). The molecule has 2 aromatic rings. The summed E-state index contributed by atoms with van der Waals surface area (Å²) in [5.41, 5.74) is 2.58. The maximum Gasteiger partial charge on any atom is 0.240 e. The molecular weight excluding hydrogens is 352 g/mol. The number of amides is 1. The molecular formula is C19H22N2O4S. The van der Waals surface area contributed by atoms with Crippen LogP contribution in [0.2, 0.25) is 0 Å². The molecule has 0 unspecified atom stereocenters. The van der Waals surface area contributed by atoms with Crippen LogP contribution in [-0.2, 0) is 27.7 Å². The highest BCUT2D eigenvalue weighted by Crippen LogP contribution is 2.25. The fourth-order valence-electron chi connectivity index (χ4n) is 2.92. The summed E-state index contributed by atoms with van der Waals surface area (Å²) in [6.07, 6.45) is 2.44. The topological polar surface area (TPSA) is 84.5 Å². The number of carbonyl (C=O) groups is 1. The second-order valence-corrected chi connectivity index (χ2v) is 7.98. The zero-order valence-corrected chi connectivity index (χ0v) is 15.4. The lowest BCUT2D eigenvalue weighted by atomic mass is 10.1. The van der Waals surface area contributed by atoms with Crippen LogP contribution in [0.3, 0.4) is 0 Å². The van der Waals surface area contributed by atoms with Crippen molar-refractivity contribution in [1.29, 1.82) is 0 Å². The first-order chi connectivity index (χ1) is 12.5. The number of anilines is 1. The number of benzene rings is 2. The highest BCUT2D eigenvalue weighted by molar-refractivity contribution is 7.89. The third-order valence-electron chi connectivity index (χ3n) is 4.38. The molecule has 0 aromatic heterocycles. The summed E-state index contributed by atoms with van der Waals surface area (Å²) >= 11 is 0. The largest absolute Gasteiger partial charge is 0.497 e. The molecule has 26 heavy (non-hydrogen) atoms. The maximum atomic E-state index is 12.5. The van der Waals surface area contributed by atoms with E-state index in [4.69, 9.17) is 4.74 Å². The normalized spacial score (nSPS) is 14.3. The van der Waals surface area contributed by atoms with Crippen molar-refractivity contribution in [1.82, 2.24) is 4.72 Å². The van der Waals surface area contributed by atoms with Crippen molar-refractivity contribution in [3.05, 3.63) is 53.6 Å². The minimum atomic E-state index is -3.59. The monoisotopic (exact) mass is 374 g/mol. The highest BCUT2D eigenvalue weighted by Gasteiger charge is 2.18. The van der Waals surface area contributed by atoms with Gasteiger partial charge in [-0.15, -0.1) is 0 Å². The molecule has 7 heteroatoms. The van der Waals surface area contributed by atoms with E-state index >= 15 is 0 Å². The zero-order chi connectivity index (χ0) is 18.6. The Bertz CT molecular complexity index is 892. The number of fused-ring (bicyclic) bond motifs is 1. The lowest BCUT2D eigenvalue weighted by Crippen LogP contribution is -2.26. The molecule has 138 valence electrons. The summed E-state index contributed by atoms with van der Waals surface area (Å²) in [6.45, 7) is 0.308. The number of carbonyl (C=O) groups excluding carboxylic acids is 1. The van der Waals surface area contributed by atoms with E-state index in [-0.39, 0.29) is 10.8 Å². The first-order valence-electron chi connectivity index (χ1n) is 8.53. The second-order valence-electron chi connectivity index (χ2n) is 6.22. The van der Waals surface area contributed by atoms with Crippen molar-refractivity contribution < 1.29 is 17.9 Å². The first-order valence-corrected chi connectivity index (χ1v) is 10.0. The number of hydrogen-bond donors (Lipinski definition) is 2. The van der Waals surface area contributed by atoms with Crippen molar-refractivity contribution in [2.24, 2.45) is 0 Å². The number of rotatable bonds is 6. The molecule has 1 amide bonds. The van der Waals surface area contributed by atoms with Gasteiger partial charge in [-0.1, -0.05) is 12.1 Å². The second kappa shape index (κ2) is 7.88. The Labute approximate surface area is 153 Å². The van der Waals surface area contributed by atoms with Gasteiger partial charge < -0.3 is 10.1 Å². The quantitative estimate of drug-likeness (QED) is 0.814. The summed E-state index contributed by atoms with van der Waals surface area (Å²) < 4.78 is 32.8. The Kier molecular flexibility index (Phi) is 5.58. The van der Waals surface area contributed by atoms with Crippen LogP contribution in [0.5, 0.6) is 5.75 Å². The third kappa shape index (κ3) is 4.42. The summed E-state index contributed by atoms with van der Waals surface area (Å²) in [6, 6.07) is 12.4. The molecule has 0 spiro atoms. The molecule has 1 aliphatic heterocycles. The van der Waals surface area contributed by atoms with Gasteiger partial charge in [-0.2, -0.15) is 0 Å². The fourth-order valence-corrected chi connectivity index (χ4v) is 4.01. The Morgan fingerprint density at radius 3 is 2.62 bits per heavy atom. The van der Waals surface area contributed by atoms with Crippen LogP contribution in [0.1, 0.15) is 24.0 Å². The van der Waals surface area contributed by atoms with Crippen LogP contribution in [0, 0.1) is 0 Å². The lowest BCUT2D eigenvalue weighted by Gasteiger charge is -2.11. The fraction of sp³-hybridized carbons (Fsp3) is 0.316. The molecule has 0 saturated carbocycles. The molecule has 2 N–H and O–H groups in total. The lowest BCUT2D eigenvalue weighted by molar-refractivity contribution is -0.116. The Morgan fingerprint density at radius 2 is 1.88 bits per heavy atom. The smallest absolute Gasteiger partial charge is 0.240 e. The summed E-state index contributed by atoms with van der Waals surface area (Å²) in [5, 5.41) is 2.81. The van der Waals surface area contributed by atoms with E-state index in [1.807, 2.05) is 24.3 Å². The van der Waals surface area contributed by atoms with Crippen molar-refractivity contribution in [2.75, 3.05) is 19.0 Å². The van der Waals surface area contributed by atoms with Crippen LogP contribution >= 0.6 is 0 Å². The van der Waals surface area contributed by atoms with Gasteiger partial charge in [0, 0.05) is 18.7 Å². The highest BCUT2D eigenvalue weighted by atomic mass is 32.2. The Hall–Kier alpha value is -2.38. The Morgan fingerprint density at radius 1 is 1.12 bits per heavy atom. The number of nitrogens with one attached hydrogen (secondary N) is 2. The van der Waals surface area contributed by atoms with E-state index in [0.29, 0.717) is 37.9 Å². The van der Waals surface area contributed by atoms with E-state index in [9.17, 15) is 13.2 Å². The maximum absolute atomic E-state index is 12.5. The molecule has 2 aromatic carbocycles. The first kappa shape index (κ1) is 18.4. The van der Waals surface area contributed by atoms with E-state index in [0.717, 1.165) is 16.9 Å². The minimum absolute atomic E-state index is 0.0306. The van der Waals surface area contributed by atoms with Gasteiger partial charge in [-0.3, -0.25) is 4.79 Å². The predicted molar refractivity (Wildman–Crippen MR) is 99.9 cm³/mol. The average molecular weight is 374 g/mol. The molecule has 0 aliphatic carbocycles. The molecule has 1 heterocycles. The third-order valence-corrected chi connectivity index (χ3v) is 5.83.